The molecule has 1 aromatic rings. The Morgan fingerprint density at radius 1 is 1.48 bits per heavy atom. The highest BCUT2D eigenvalue weighted by Gasteiger charge is 2.35. The Bertz CT molecular complexity index is 538. The quantitative estimate of drug-likeness (QED) is 0.716. The van der Waals surface area contributed by atoms with Gasteiger partial charge in [-0.3, -0.25) is 10.2 Å². The van der Waals surface area contributed by atoms with Gasteiger partial charge in [-0.05, 0) is 24.6 Å². The number of carbonyl (C=O) groups is 2. The maximum Gasteiger partial charge on any atom is 0.328 e. The van der Waals surface area contributed by atoms with Crippen molar-refractivity contribution in [3.05, 3.63) is 34.9 Å². The van der Waals surface area contributed by atoms with Crippen LogP contribution in [-0.2, 0) is 14.3 Å². The topological polar surface area (TPSA) is 79.5 Å². The minimum atomic E-state index is -0.678. The van der Waals surface area contributed by atoms with Gasteiger partial charge in [-0.2, -0.15) is 0 Å². The van der Waals surface area contributed by atoms with Crippen LogP contribution in [0.3, 0.4) is 0 Å². The molecule has 0 bridgehead atoms. The Morgan fingerprint density at radius 3 is 2.90 bits per heavy atom. The lowest BCUT2D eigenvalue weighted by molar-refractivity contribution is -0.145. The minimum Gasteiger partial charge on any atom is -0.467 e. The van der Waals surface area contributed by atoms with Gasteiger partial charge in [-0.1, -0.05) is 23.7 Å². The Hall–Kier alpha value is -1.63. The van der Waals surface area contributed by atoms with Crippen LogP contribution in [0.4, 0.5) is 0 Å². The Balaban J connectivity index is 2.08. The van der Waals surface area contributed by atoms with Crippen LogP contribution < -0.4 is 16.2 Å². The summed E-state index contributed by atoms with van der Waals surface area (Å²) in [6.07, 6.45) is 0. The van der Waals surface area contributed by atoms with Gasteiger partial charge in [-0.25, -0.2) is 10.2 Å². The van der Waals surface area contributed by atoms with E-state index >= 15 is 0 Å². The number of hydrogen-bond acceptors (Lipinski definition) is 5. The summed E-state index contributed by atoms with van der Waals surface area (Å²) in [6, 6.07) is 6.46. The third kappa shape index (κ3) is 3.72. The van der Waals surface area contributed by atoms with Crippen molar-refractivity contribution in [1.29, 1.82) is 0 Å². The average molecular weight is 312 g/mol. The lowest BCUT2D eigenvalue weighted by atomic mass is 9.94. The smallest absolute Gasteiger partial charge is 0.328 e. The average Bonchev–Trinajstić information content (AvgIpc) is 2.95. The predicted molar refractivity (Wildman–Crippen MR) is 78.4 cm³/mol. The molecule has 114 valence electrons. The van der Waals surface area contributed by atoms with E-state index in [1.54, 1.807) is 13.0 Å². The molecule has 3 atom stereocenters. The SMILES string of the molecule is COC(=O)[C@H](C)NC(=O)C1CNNC1c1cccc(Cl)c1. The van der Waals surface area contributed by atoms with Gasteiger partial charge in [0, 0.05) is 11.6 Å². The van der Waals surface area contributed by atoms with E-state index in [0.717, 1.165) is 5.56 Å². The summed E-state index contributed by atoms with van der Waals surface area (Å²) in [5, 5.41) is 3.27. The van der Waals surface area contributed by atoms with Crippen LogP contribution in [0.15, 0.2) is 24.3 Å². The number of hydrogen-bond donors (Lipinski definition) is 3. The van der Waals surface area contributed by atoms with Crippen molar-refractivity contribution >= 4 is 23.5 Å². The molecule has 0 aromatic heterocycles. The molecule has 21 heavy (non-hydrogen) atoms. The number of methoxy groups -OCH3 is 1. The second kappa shape index (κ2) is 6.89. The first-order chi connectivity index (χ1) is 10.0. The molecule has 1 fully saturated rings. The highest BCUT2D eigenvalue weighted by molar-refractivity contribution is 6.30. The van der Waals surface area contributed by atoms with Gasteiger partial charge >= 0.3 is 5.97 Å². The number of halogens is 1. The fraction of sp³-hybridized carbons (Fsp3) is 0.429. The number of amides is 1. The van der Waals surface area contributed by atoms with Gasteiger partial charge in [-0.15, -0.1) is 0 Å². The second-order valence-corrected chi connectivity index (χ2v) is 5.35. The maximum atomic E-state index is 12.3. The van der Waals surface area contributed by atoms with Crippen molar-refractivity contribution in [3.63, 3.8) is 0 Å². The molecule has 2 unspecified atom stereocenters. The first-order valence-electron chi connectivity index (χ1n) is 6.65. The van der Waals surface area contributed by atoms with E-state index in [-0.39, 0.29) is 17.9 Å². The Kier molecular flexibility index (Phi) is 5.17. The van der Waals surface area contributed by atoms with Crippen LogP contribution in [0.25, 0.3) is 0 Å². The molecule has 2 rings (SSSR count). The Labute approximate surface area is 128 Å². The molecule has 1 aromatic carbocycles. The molecular formula is C14H18ClN3O3. The summed E-state index contributed by atoms with van der Waals surface area (Å²) in [6.45, 7) is 2.06. The van der Waals surface area contributed by atoms with Crippen LogP contribution in [0.5, 0.6) is 0 Å². The van der Waals surface area contributed by atoms with Gasteiger partial charge in [0.2, 0.25) is 5.91 Å². The largest absolute Gasteiger partial charge is 0.467 e. The lowest BCUT2D eigenvalue weighted by Crippen LogP contribution is -2.44. The number of benzene rings is 1. The van der Waals surface area contributed by atoms with E-state index in [4.69, 9.17) is 11.6 Å². The molecule has 0 aliphatic carbocycles. The molecule has 7 heteroatoms. The van der Waals surface area contributed by atoms with E-state index in [1.165, 1.54) is 7.11 Å². The number of hydrazine groups is 1. The predicted octanol–water partition coefficient (Wildman–Crippen LogP) is 0.783. The van der Waals surface area contributed by atoms with Gasteiger partial charge in [0.15, 0.2) is 0 Å². The van der Waals surface area contributed by atoms with Crippen molar-refractivity contribution in [2.45, 2.75) is 19.0 Å². The molecule has 0 radical (unpaired) electrons. The van der Waals surface area contributed by atoms with E-state index in [2.05, 4.69) is 20.9 Å². The number of rotatable bonds is 4. The molecule has 3 N–H and O–H groups in total. The zero-order valence-electron chi connectivity index (χ0n) is 11.9. The third-order valence-electron chi connectivity index (χ3n) is 3.44. The monoisotopic (exact) mass is 311 g/mol. The molecule has 6 nitrogen and oxygen atoms in total. The summed E-state index contributed by atoms with van der Waals surface area (Å²) < 4.78 is 4.60. The lowest BCUT2D eigenvalue weighted by Gasteiger charge is -2.20. The molecule has 1 amide bonds. The third-order valence-corrected chi connectivity index (χ3v) is 3.68. The van der Waals surface area contributed by atoms with Crippen molar-refractivity contribution < 1.29 is 14.3 Å². The van der Waals surface area contributed by atoms with E-state index in [1.807, 2.05) is 18.2 Å². The summed E-state index contributed by atoms with van der Waals surface area (Å²) in [5.41, 5.74) is 6.94. The van der Waals surface area contributed by atoms with Crippen molar-refractivity contribution in [2.75, 3.05) is 13.7 Å². The first kappa shape index (κ1) is 15.8. The fourth-order valence-corrected chi connectivity index (χ4v) is 2.51. The maximum absolute atomic E-state index is 12.3. The van der Waals surface area contributed by atoms with Gasteiger partial charge in [0.25, 0.3) is 0 Å². The second-order valence-electron chi connectivity index (χ2n) is 4.92. The van der Waals surface area contributed by atoms with Crippen molar-refractivity contribution in [1.82, 2.24) is 16.2 Å². The van der Waals surface area contributed by atoms with E-state index < -0.39 is 12.0 Å². The van der Waals surface area contributed by atoms with Crippen LogP contribution in [0.2, 0.25) is 5.02 Å². The van der Waals surface area contributed by atoms with Gasteiger partial charge in [0.05, 0.1) is 19.1 Å². The summed E-state index contributed by atoms with van der Waals surface area (Å²) in [7, 11) is 1.29. The molecule has 1 saturated heterocycles. The fourth-order valence-electron chi connectivity index (χ4n) is 2.31. The molecular weight excluding hydrogens is 294 g/mol. The van der Waals surface area contributed by atoms with Crippen LogP contribution in [-0.4, -0.2) is 31.6 Å². The molecule has 1 heterocycles. The van der Waals surface area contributed by atoms with E-state index in [9.17, 15) is 9.59 Å². The first-order valence-corrected chi connectivity index (χ1v) is 7.02. The summed E-state index contributed by atoms with van der Waals surface area (Å²) >= 11 is 5.99. The zero-order valence-corrected chi connectivity index (χ0v) is 12.6. The minimum absolute atomic E-state index is 0.200. The standard InChI is InChI=1S/C14H18ClN3O3/c1-8(14(20)21-2)17-13(19)11-7-16-18-12(11)9-4-3-5-10(15)6-9/h3-6,8,11-12,16,18H,7H2,1-2H3,(H,17,19)/t8-,11?,12?/m0/s1. The van der Waals surface area contributed by atoms with E-state index in [0.29, 0.717) is 11.6 Å². The van der Waals surface area contributed by atoms with Crippen molar-refractivity contribution in [2.24, 2.45) is 5.92 Å². The molecule has 1 aliphatic rings. The van der Waals surface area contributed by atoms with Crippen molar-refractivity contribution in [3.8, 4) is 0 Å². The molecule has 0 spiro atoms. The highest BCUT2D eigenvalue weighted by atomic mass is 35.5. The van der Waals surface area contributed by atoms with Gasteiger partial charge < -0.3 is 10.1 Å². The van der Waals surface area contributed by atoms with Crippen LogP contribution in [0.1, 0.15) is 18.5 Å². The van der Waals surface area contributed by atoms with Crippen LogP contribution in [0, 0.1) is 5.92 Å². The van der Waals surface area contributed by atoms with Gasteiger partial charge in [0.1, 0.15) is 6.04 Å². The number of ether oxygens (including phenoxy) is 1. The Morgan fingerprint density at radius 2 is 2.24 bits per heavy atom. The summed E-state index contributed by atoms with van der Waals surface area (Å²) in [5.74, 6) is -1.02. The zero-order chi connectivity index (χ0) is 15.4. The number of nitrogens with one attached hydrogen (secondary N) is 3. The number of esters is 1. The normalized spacial score (nSPS) is 22.6. The summed E-state index contributed by atoms with van der Waals surface area (Å²) in [4.78, 5) is 23.7. The van der Waals surface area contributed by atoms with Crippen LogP contribution >= 0.6 is 11.6 Å². The molecule has 0 saturated carbocycles. The number of carbonyl (C=O) groups excluding carboxylic acids is 2. The highest BCUT2D eigenvalue weighted by Crippen LogP contribution is 2.27. The molecule has 1 aliphatic heterocycles.